The molecular formula is C21H30OSSi. The molecule has 0 fully saturated rings. The lowest BCUT2D eigenvalue weighted by atomic mass is 10.3. The van der Waals surface area contributed by atoms with E-state index in [0.717, 1.165) is 0 Å². The number of aromatic hydroxyl groups is 1. The summed E-state index contributed by atoms with van der Waals surface area (Å²) < 4.78 is 0. The minimum absolute atomic E-state index is 0.350. The molecule has 0 radical (unpaired) electrons. The molecule has 0 saturated carbocycles. The molecule has 3 heteroatoms. The Morgan fingerprint density at radius 3 is 1.96 bits per heavy atom. The zero-order chi connectivity index (χ0) is 17.3. The van der Waals surface area contributed by atoms with Crippen molar-refractivity contribution in [3.05, 3.63) is 54.6 Å². The summed E-state index contributed by atoms with van der Waals surface area (Å²) in [6, 6.07) is 21.8. The quantitative estimate of drug-likeness (QED) is 0.416. The minimum atomic E-state index is -1.51. The Morgan fingerprint density at radius 1 is 0.833 bits per heavy atom. The first-order chi connectivity index (χ1) is 11.7. The summed E-state index contributed by atoms with van der Waals surface area (Å²) in [7, 11) is -1.51. The molecule has 0 amide bonds. The number of phenolic OH excluding ortho intramolecular Hbond substituents is 1. The van der Waals surface area contributed by atoms with Crippen molar-refractivity contribution in [2.24, 2.45) is 0 Å². The molecule has 2 aromatic carbocycles. The number of hydrogen-bond acceptors (Lipinski definition) is 2. The molecule has 0 atom stereocenters. The predicted octanol–water partition coefficient (Wildman–Crippen LogP) is 5.98. The van der Waals surface area contributed by atoms with Crippen LogP contribution in [0.15, 0.2) is 59.5 Å². The molecule has 130 valence electrons. The molecule has 0 unspecified atom stereocenters. The van der Waals surface area contributed by atoms with E-state index in [4.69, 9.17) is 0 Å². The molecule has 24 heavy (non-hydrogen) atoms. The Labute approximate surface area is 152 Å². The fourth-order valence-corrected chi connectivity index (χ4v) is 10.9. The van der Waals surface area contributed by atoms with Gasteiger partial charge in [0, 0.05) is 4.90 Å². The van der Waals surface area contributed by atoms with Gasteiger partial charge in [-0.3, -0.25) is 0 Å². The van der Waals surface area contributed by atoms with E-state index >= 15 is 0 Å². The van der Waals surface area contributed by atoms with Crippen LogP contribution >= 0.6 is 11.8 Å². The summed E-state index contributed by atoms with van der Waals surface area (Å²) in [6.45, 7) is 4.61. The Bertz CT molecular complexity index is 575. The highest BCUT2D eigenvalue weighted by atomic mass is 32.2. The number of unbranched alkanes of at least 4 members (excludes halogenated alkanes) is 2. The largest absolute Gasteiger partial charge is 0.508 e. The van der Waals surface area contributed by atoms with E-state index < -0.39 is 8.07 Å². The van der Waals surface area contributed by atoms with Gasteiger partial charge < -0.3 is 5.11 Å². The van der Waals surface area contributed by atoms with Gasteiger partial charge >= 0.3 is 0 Å². The molecule has 0 bridgehead atoms. The van der Waals surface area contributed by atoms with Crippen molar-refractivity contribution in [1.82, 2.24) is 0 Å². The van der Waals surface area contributed by atoms with E-state index in [0.29, 0.717) is 5.75 Å². The summed E-state index contributed by atoms with van der Waals surface area (Å²) in [6.07, 6.45) is 5.22. The van der Waals surface area contributed by atoms with Gasteiger partial charge in [0.2, 0.25) is 0 Å². The van der Waals surface area contributed by atoms with Crippen molar-refractivity contribution in [3.63, 3.8) is 0 Å². The van der Waals surface area contributed by atoms with Crippen LogP contribution in [0.2, 0.25) is 12.1 Å². The molecule has 0 aliphatic heterocycles. The van der Waals surface area contributed by atoms with Gasteiger partial charge in [-0.05, 0) is 29.6 Å². The van der Waals surface area contributed by atoms with Gasteiger partial charge in [0.15, 0.2) is 0 Å². The molecule has 1 nitrogen and oxygen atoms in total. The van der Waals surface area contributed by atoms with E-state index in [9.17, 15) is 5.11 Å². The number of hydrogen-bond donors (Lipinski definition) is 1. The van der Waals surface area contributed by atoms with E-state index in [2.05, 4.69) is 44.2 Å². The average molecular weight is 359 g/mol. The molecule has 2 rings (SSSR count). The zero-order valence-electron chi connectivity index (χ0n) is 15.0. The van der Waals surface area contributed by atoms with Gasteiger partial charge in [-0.25, -0.2) is 0 Å². The third-order valence-electron chi connectivity index (χ3n) is 4.76. The van der Waals surface area contributed by atoms with Crippen LogP contribution in [0.3, 0.4) is 0 Å². The molecule has 0 spiro atoms. The number of phenols is 1. The van der Waals surface area contributed by atoms with E-state index in [1.54, 1.807) is 17.3 Å². The lowest BCUT2D eigenvalue weighted by molar-refractivity contribution is 0.475. The van der Waals surface area contributed by atoms with E-state index in [1.807, 2.05) is 23.9 Å². The molecule has 0 aliphatic rings. The highest BCUT2D eigenvalue weighted by molar-refractivity contribution is 8.01. The predicted molar refractivity (Wildman–Crippen MR) is 110 cm³/mol. The van der Waals surface area contributed by atoms with Crippen LogP contribution in [-0.2, 0) is 0 Å². The van der Waals surface area contributed by atoms with Crippen molar-refractivity contribution in [2.45, 2.75) is 56.5 Å². The van der Waals surface area contributed by atoms with Crippen molar-refractivity contribution in [2.75, 3.05) is 5.38 Å². The van der Waals surface area contributed by atoms with Gasteiger partial charge in [-0.2, -0.15) is 0 Å². The SMILES string of the molecule is CCCC[Si](CCCC)(CSc1ccc(O)cc1)c1ccccc1. The smallest absolute Gasteiger partial charge is 0.115 e. The average Bonchev–Trinajstić information content (AvgIpc) is 2.63. The fourth-order valence-electron chi connectivity index (χ4n) is 3.23. The van der Waals surface area contributed by atoms with Gasteiger partial charge in [-0.1, -0.05) is 87.1 Å². The van der Waals surface area contributed by atoms with Crippen molar-refractivity contribution in [1.29, 1.82) is 0 Å². The molecular weight excluding hydrogens is 328 g/mol. The van der Waals surface area contributed by atoms with Gasteiger partial charge in [0.1, 0.15) is 5.75 Å². The molecule has 0 aromatic heterocycles. The standard InChI is InChI=1S/C21H30OSSi/c1-3-5-16-24(17-6-4-2,21-10-8-7-9-11-21)18-23-20-14-12-19(22)13-15-20/h7-15,22H,3-6,16-18H2,1-2H3. The molecule has 0 saturated heterocycles. The second kappa shape index (κ2) is 9.95. The second-order valence-electron chi connectivity index (χ2n) is 6.64. The van der Waals surface area contributed by atoms with Crippen LogP contribution < -0.4 is 5.19 Å². The lowest BCUT2D eigenvalue weighted by Crippen LogP contribution is -2.50. The van der Waals surface area contributed by atoms with E-state index in [-0.39, 0.29) is 0 Å². The second-order valence-corrected chi connectivity index (χ2v) is 12.7. The summed E-state index contributed by atoms with van der Waals surface area (Å²) in [4.78, 5) is 1.27. The topological polar surface area (TPSA) is 20.2 Å². The van der Waals surface area contributed by atoms with Crippen LogP contribution in [-0.4, -0.2) is 18.6 Å². The number of benzene rings is 2. The van der Waals surface area contributed by atoms with E-state index in [1.165, 1.54) is 48.0 Å². The normalized spacial score (nSPS) is 11.6. The third kappa shape index (κ3) is 5.42. The molecule has 0 heterocycles. The highest BCUT2D eigenvalue weighted by Gasteiger charge is 2.33. The van der Waals surface area contributed by atoms with Gasteiger partial charge in [0.25, 0.3) is 0 Å². The molecule has 2 aromatic rings. The first-order valence-electron chi connectivity index (χ1n) is 9.17. The summed E-state index contributed by atoms with van der Waals surface area (Å²) in [5.74, 6) is 0.350. The Kier molecular flexibility index (Phi) is 7.93. The Hall–Kier alpha value is -1.19. The van der Waals surface area contributed by atoms with Crippen LogP contribution in [0.4, 0.5) is 0 Å². The summed E-state index contributed by atoms with van der Waals surface area (Å²) >= 11 is 1.98. The summed E-state index contributed by atoms with van der Waals surface area (Å²) in [5.41, 5.74) is 0. The van der Waals surface area contributed by atoms with Crippen molar-refractivity contribution >= 4 is 25.0 Å². The zero-order valence-corrected chi connectivity index (χ0v) is 16.8. The maximum absolute atomic E-state index is 9.49. The van der Waals surface area contributed by atoms with Crippen LogP contribution in [0.5, 0.6) is 5.75 Å². The Morgan fingerprint density at radius 2 is 1.42 bits per heavy atom. The number of rotatable bonds is 10. The van der Waals surface area contributed by atoms with Crippen LogP contribution in [0.1, 0.15) is 39.5 Å². The van der Waals surface area contributed by atoms with Gasteiger partial charge in [0.05, 0.1) is 8.07 Å². The maximum Gasteiger partial charge on any atom is 0.115 e. The Balaban J connectivity index is 2.23. The van der Waals surface area contributed by atoms with Crippen LogP contribution in [0, 0.1) is 0 Å². The summed E-state index contributed by atoms with van der Waals surface area (Å²) in [5, 5.41) is 12.4. The van der Waals surface area contributed by atoms with Crippen molar-refractivity contribution in [3.8, 4) is 5.75 Å². The van der Waals surface area contributed by atoms with Crippen molar-refractivity contribution < 1.29 is 5.11 Å². The molecule has 1 N–H and O–H groups in total. The van der Waals surface area contributed by atoms with Crippen LogP contribution in [0.25, 0.3) is 0 Å². The first-order valence-corrected chi connectivity index (χ1v) is 12.8. The minimum Gasteiger partial charge on any atom is -0.508 e. The number of thioether (sulfide) groups is 1. The first kappa shape index (κ1) is 19.1. The van der Waals surface area contributed by atoms with Gasteiger partial charge in [-0.15, -0.1) is 11.8 Å². The lowest BCUT2D eigenvalue weighted by Gasteiger charge is -2.32. The monoisotopic (exact) mass is 358 g/mol. The third-order valence-corrected chi connectivity index (χ3v) is 12.3. The highest BCUT2D eigenvalue weighted by Crippen LogP contribution is 2.30. The fraction of sp³-hybridized carbons (Fsp3) is 0.429. The molecule has 0 aliphatic carbocycles. The maximum atomic E-state index is 9.49.